The second-order valence-electron chi connectivity index (χ2n) is 3.22. The average molecular weight is 370 g/mol. The first-order valence-corrected chi connectivity index (χ1v) is 7.74. The minimum absolute atomic E-state index is 0.110. The van der Waals surface area contributed by atoms with Crippen LogP contribution in [0.1, 0.15) is 12.8 Å². The minimum atomic E-state index is -4.27. The summed E-state index contributed by atoms with van der Waals surface area (Å²) in [5, 5.41) is 0. The van der Waals surface area contributed by atoms with Gasteiger partial charge in [0.05, 0.1) is 4.90 Å². The predicted octanol–water partition coefficient (Wildman–Crippen LogP) is 2.05. The molecule has 0 spiro atoms. The van der Waals surface area contributed by atoms with Gasteiger partial charge < -0.3 is 4.74 Å². The van der Waals surface area contributed by atoms with Gasteiger partial charge >= 0.3 is 5.97 Å². The Morgan fingerprint density at radius 2 is 2.12 bits per heavy atom. The van der Waals surface area contributed by atoms with Crippen molar-refractivity contribution in [2.24, 2.45) is 0 Å². The molecular formula is C10H11IO5S. The molecule has 94 valence electrons. The van der Waals surface area contributed by atoms with E-state index >= 15 is 0 Å². The standard InChI is InChI=1S/C10H11IO5S/c11-6-2-5-10(12)16-8-3-1-4-9(7-8)17(13,14)15/h1,3-4,7H,2,5-6H2,(H,13,14,15). The molecule has 0 aliphatic rings. The second kappa shape index (κ2) is 6.31. The molecule has 0 bridgehead atoms. The zero-order valence-electron chi connectivity index (χ0n) is 8.80. The van der Waals surface area contributed by atoms with Crippen LogP contribution in [0, 0.1) is 0 Å². The summed E-state index contributed by atoms with van der Waals surface area (Å²) < 4.78 is 36.3. The van der Waals surface area contributed by atoms with Gasteiger partial charge in [-0.05, 0) is 18.6 Å². The lowest BCUT2D eigenvalue weighted by atomic mass is 10.3. The number of ether oxygens (including phenoxy) is 1. The molecule has 1 rings (SSSR count). The van der Waals surface area contributed by atoms with Crippen molar-refractivity contribution < 1.29 is 22.5 Å². The Kier molecular flexibility index (Phi) is 5.34. The molecule has 0 saturated heterocycles. The number of alkyl halides is 1. The van der Waals surface area contributed by atoms with Crippen LogP contribution in [0.4, 0.5) is 0 Å². The zero-order chi connectivity index (χ0) is 12.9. The summed E-state index contributed by atoms with van der Waals surface area (Å²) in [5.74, 6) is -0.312. The molecule has 1 N–H and O–H groups in total. The number of benzene rings is 1. The molecule has 0 heterocycles. The number of carbonyl (C=O) groups is 1. The van der Waals surface area contributed by atoms with Crippen molar-refractivity contribution in [3.63, 3.8) is 0 Å². The molecule has 0 atom stereocenters. The lowest BCUT2D eigenvalue weighted by Crippen LogP contribution is -2.08. The van der Waals surface area contributed by atoms with Crippen LogP contribution in [0.25, 0.3) is 0 Å². The average Bonchev–Trinajstić information content (AvgIpc) is 2.25. The van der Waals surface area contributed by atoms with E-state index in [0.29, 0.717) is 6.42 Å². The van der Waals surface area contributed by atoms with Gasteiger partial charge in [-0.25, -0.2) is 0 Å². The van der Waals surface area contributed by atoms with E-state index in [0.717, 1.165) is 10.5 Å². The first-order valence-electron chi connectivity index (χ1n) is 4.77. The first kappa shape index (κ1) is 14.4. The Labute approximate surface area is 113 Å². The van der Waals surface area contributed by atoms with E-state index in [-0.39, 0.29) is 17.1 Å². The van der Waals surface area contributed by atoms with E-state index in [9.17, 15) is 13.2 Å². The number of esters is 1. The highest BCUT2D eigenvalue weighted by Gasteiger charge is 2.11. The summed E-state index contributed by atoms with van der Waals surface area (Å²) in [7, 11) is -4.27. The molecule has 0 saturated carbocycles. The molecule has 17 heavy (non-hydrogen) atoms. The Bertz CT molecular complexity index is 497. The summed E-state index contributed by atoms with van der Waals surface area (Å²) >= 11 is 2.15. The first-order chi connectivity index (χ1) is 7.93. The molecule has 0 amide bonds. The Morgan fingerprint density at radius 3 is 2.71 bits per heavy atom. The van der Waals surface area contributed by atoms with Crippen LogP contribution < -0.4 is 4.74 Å². The van der Waals surface area contributed by atoms with Crippen LogP contribution in [0.3, 0.4) is 0 Å². The van der Waals surface area contributed by atoms with Crippen molar-refractivity contribution in [1.29, 1.82) is 0 Å². The van der Waals surface area contributed by atoms with E-state index in [1.807, 2.05) is 0 Å². The van der Waals surface area contributed by atoms with Gasteiger partial charge in [0.1, 0.15) is 5.75 Å². The number of hydrogen-bond donors (Lipinski definition) is 1. The van der Waals surface area contributed by atoms with Crippen molar-refractivity contribution >= 4 is 38.7 Å². The quantitative estimate of drug-likeness (QED) is 0.282. The van der Waals surface area contributed by atoms with Crippen LogP contribution in [0.2, 0.25) is 0 Å². The molecule has 0 fully saturated rings. The maximum atomic E-state index is 11.3. The van der Waals surface area contributed by atoms with Crippen molar-refractivity contribution in [2.45, 2.75) is 17.7 Å². The normalized spacial score (nSPS) is 11.2. The maximum Gasteiger partial charge on any atom is 0.311 e. The summed E-state index contributed by atoms with van der Waals surface area (Å²) in [6.07, 6.45) is 0.983. The molecule has 0 aliphatic carbocycles. The molecule has 0 unspecified atom stereocenters. The lowest BCUT2D eigenvalue weighted by molar-refractivity contribution is -0.134. The SMILES string of the molecule is O=C(CCCI)Oc1cccc(S(=O)(=O)O)c1. The van der Waals surface area contributed by atoms with Gasteiger partial charge in [0, 0.05) is 16.9 Å². The number of carbonyl (C=O) groups excluding carboxylic acids is 1. The monoisotopic (exact) mass is 370 g/mol. The van der Waals surface area contributed by atoms with Crippen molar-refractivity contribution in [1.82, 2.24) is 0 Å². The second-order valence-corrected chi connectivity index (χ2v) is 5.72. The summed E-state index contributed by atoms with van der Waals surface area (Å²) in [6.45, 7) is 0. The maximum absolute atomic E-state index is 11.3. The Balaban J connectivity index is 2.76. The van der Waals surface area contributed by atoms with Crippen molar-refractivity contribution in [3.8, 4) is 5.75 Å². The lowest BCUT2D eigenvalue weighted by Gasteiger charge is -2.04. The van der Waals surface area contributed by atoms with E-state index in [1.54, 1.807) is 0 Å². The predicted molar refractivity (Wildman–Crippen MR) is 70.0 cm³/mol. The fourth-order valence-electron chi connectivity index (χ4n) is 1.09. The van der Waals surface area contributed by atoms with Crippen LogP contribution in [-0.2, 0) is 14.9 Å². The number of rotatable bonds is 5. The highest BCUT2D eigenvalue weighted by atomic mass is 127. The number of hydrogen-bond acceptors (Lipinski definition) is 4. The molecule has 0 aromatic heterocycles. The highest BCUT2D eigenvalue weighted by Crippen LogP contribution is 2.17. The van der Waals surface area contributed by atoms with Crippen LogP contribution in [-0.4, -0.2) is 23.4 Å². The van der Waals surface area contributed by atoms with Gasteiger partial charge in [0.25, 0.3) is 10.1 Å². The van der Waals surface area contributed by atoms with Gasteiger partial charge in [-0.2, -0.15) is 8.42 Å². The zero-order valence-corrected chi connectivity index (χ0v) is 11.8. The Morgan fingerprint density at radius 1 is 1.41 bits per heavy atom. The van der Waals surface area contributed by atoms with Gasteiger partial charge in [-0.3, -0.25) is 9.35 Å². The fourth-order valence-corrected chi connectivity index (χ4v) is 1.99. The molecule has 7 heteroatoms. The molecule has 1 aromatic rings. The number of halogens is 1. The summed E-state index contributed by atoms with van der Waals surface area (Å²) in [5.41, 5.74) is 0. The molecular weight excluding hydrogens is 359 g/mol. The third-order valence-electron chi connectivity index (χ3n) is 1.85. The van der Waals surface area contributed by atoms with Crippen LogP contribution in [0.15, 0.2) is 29.2 Å². The van der Waals surface area contributed by atoms with Crippen molar-refractivity contribution in [2.75, 3.05) is 4.43 Å². The van der Waals surface area contributed by atoms with E-state index in [4.69, 9.17) is 9.29 Å². The van der Waals surface area contributed by atoms with Crippen molar-refractivity contribution in [3.05, 3.63) is 24.3 Å². The van der Waals surface area contributed by atoms with Crippen LogP contribution in [0.5, 0.6) is 5.75 Å². The summed E-state index contributed by atoms with van der Waals surface area (Å²) in [6, 6.07) is 5.18. The van der Waals surface area contributed by atoms with Gasteiger partial charge in [0.15, 0.2) is 0 Å². The van der Waals surface area contributed by atoms with E-state index in [2.05, 4.69) is 22.6 Å². The molecule has 1 aromatic carbocycles. The van der Waals surface area contributed by atoms with Gasteiger partial charge in [-0.15, -0.1) is 0 Å². The van der Waals surface area contributed by atoms with Crippen LogP contribution >= 0.6 is 22.6 Å². The Hall–Kier alpha value is -0.670. The van der Waals surface area contributed by atoms with E-state index in [1.165, 1.54) is 18.2 Å². The minimum Gasteiger partial charge on any atom is -0.426 e. The topological polar surface area (TPSA) is 80.7 Å². The molecule has 5 nitrogen and oxygen atoms in total. The third-order valence-corrected chi connectivity index (χ3v) is 3.46. The molecule has 0 aliphatic heterocycles. The molecule has 0 radical (unpaired) electrons. The van der Waals surface area contributed by atoms with E-state index < -0.39 is 16.1 Å². The largest absolute Gasteiger partial charge is 0.426 e. The smallest absolute Gasteiger partial charge is 0.311 e. The van der Waals surface area contributed by atoms with Gasteiger partial charge in [0.2, 0.25) is 0 Å². The third kappa shape index (κ3) is 5.00. The highest BCUT2D eigenvalue weighted by molar-refractivity contribution is 14.1. The van der Waals surface area contributed by atoms with Gasteiger partial charge in [-0.1, -0.05) is 28.7 Å². The fraction of sp³-hybridized carbons (Fsp3) is 0.300. The summed E-state index contributed by atoms with van der Waals surface area (Å²) in [4.78, 5) is 11.0.